The van der Waals surface area contributed by atoms with Crippen LogP contribution >= 0.6 is 0 Å². The SMILES string of the molecule is CCCOC(=O)NCCOC(=O)N(O)c1ccccc1. The van der Waals surface area contributed by atoms with Crippen molar-refractivity contribution in [1.29, 1.82) is 0 Å². The Balaban J connectivity index is 2.22. The lowest BCUT2D eigenvalue weighted by molar-refractivity contribution is 0.116. The fourth-order valence-electron chi connectivity index (χ4n) is 1.27. The number of hydrogen-bond donors (Lipinski definition) is 2. The molecule has 0 aliphatic rings. The summed E-state index contributed by atoms with van der Waals surface area (Å²) in [4.78, 5) is 22.5. The Morgan fingerprint density at radius 1 is 1.20 bits per heavy atom. The minimum Gasteiger partial charge on any atom is -0.450 e. The summed E-state index contributed by atoms with van der Waals surface area (Å²) in [5.74, 6) is 0. The van der Waals surface area contributed by atoms with E-state index in [1.807, 2.05) is 6.92 Å². The van der Waals surface area contributed by atoms with E-state index < -0.39 is 12.2 Å². The second-order valence-corrected chi connectivity index (χ2v) is 3.82. The molecule has 0 bridgehead atoms. The van der Waals surface area contributed by atoms with Crippen LogP contribution in [-0.2, 0) is 9.47 Å². The van der Waals surface area contributed by atoms with Crippen LogP contribution in [0.1, 0.15) is 13.3 Å². The second kappa shape index (κ2) is 8.76. The number of alkyl carbamates (subject to hydrolysis) is 1. The Morgan fingerprint density at radius 3 is 2.55 bits per heavy atom. The summed E-state index contributed by atoms with van der Waals surface area (Å²) in [7, 11) is 0. The molecular formula is C13H18N2O5. The molecule has 0 radical (unpaired) electrons. The normalized spacial score (nSPS) is 9.70. The van der Waals surface area contributed by atoms with E-state index in [-0.39, 0.29) is 13.2 Å². The van der Waals surface area contributed by atoms with E-state index in [9.17, 15) is 14.8 Å². The van der Waals surface area contributed by atoms with Gasteiger partial charge in [-0.25, -0.2) is 9.59 Å². The third-order valence-electron chi connectivity index (χ3n) is 2.21. The largest absolute Gasteiger partial charge is 0.450 e. The van der Waals surface area contributed by atoms with Gasteiger partial charge in [-0.1, -0.05) is 25.1 Å². The molecule has 7 heteroatoms. The molecule has 0 heterocycles. The molecule has 0 unspecified atom stereocenters. The van der Waals surface area contributed by atoms with Gasteiger partial charge in [-0.2, -0.15) is 5.06 Å². The van der Waals surface area contributed by atoms with Gasteiger partial charge in [0.2, 0.25) is 0 Å². The van der Waals surface area contributed by atoms with E-state index in [4.69, 9.17) is 9.47 Å². The van der Waals surface area contributed by atoms with E-state index in [2.05, 4.69) is 5.32 Å². The Bertz CT molecular complexity index is 424. The highest BCUT2D eigenvalue weighted by atomic mass is 16.6. The number of carbonyl (C=O) groups excluding carboxylic acids is 2. The molecule has 1 rings (SSSR count). The maximum Gasteiger partial charge on any atom is 0.438 e. The van der Waals surface area contributed by atoms with Gasteiger partial charge in [0.1, 0.15) is 6.61 Å². The first-order chi connectivity index (χ1) is 9.65. The van der Waals surface area contributed by atoms with Crippen molar-refractivity contribution < 1.29 is 24.3 Å². The summed E-state index contributed by atoms with van der Waals surface area (Å²) < 4.78 is 9.54. The molecule has 0 aromatic heterocycles. The highest BCUT2D eigenvalue weighted by Crippen LogP contribution is 2.11. The molecule has 0 spiro atoms. The summed E-state index contributed by atoms with van der Waals surface area (Å²) in [5.41, 5.74) is 0.299. The molecule has 1 aromatic carbocycles. The Kier molecular flexibility index (Phi) is 6.91. The molecule has 110 valence electrons. The van der Waals surface area contributed by atoms with E-state index in [0.717, 1.165) is 6.42 Å². The van der Waals surface area contributed by atoms with Crippen LogP contribution < -0.4 is 10.4 Å². The van der Waals surface area contributed by atoms with E-state index in [1.54, 1.807) is 30.3 Å². The van der Waals surface area contributed by atoms with Crippen molar-refractivity contribution in [3.05, 3.63) is 30.3 Å². The lowest BCUT2D eigenvalue weighted by atomic mass is 10.3. The topological polar surface area (TPSA) is 88.1 Å². The van der Waals surface area contributed by atoms with Crippen LogP contribution in [0.4, 0.5) is 15.3 Å². The first-order valence-electron chi connectivity index (χ1n) is 6.26. The molecule has 1 aromatic rings. The third-order valence-corrected chi connectivity index (χ3v) is 2.21. The number of benzene rings is 1. The zero-order chi connectivity index (χ0) is 14.8. The summed E-state index contributed by atoms with van der Waals surface area (Å²) in [6.07, 6.45) is -0.745. The number of nitrogens with zero attached hydrogens (tertiary/aromatic N) is 1. The molecule has 7 nitrogen and oxygen atoms in total. The van der Waals surface area contributed by atoms with Crippen LogP contribution in [0.2, 0.25) is 0 Å². The number of nitrogens with one attached hydrogen (secondary N) is 1. The molecule has 0 fully saturated rings. The fourth-order valence-corrected chi connectivity index (χ4v) is 1.27. The average Bonchev–Trinajstić information content (AvgIpc) is 2.49. The first kappa shape index (κ1) is 15.8. The number of rotatable bonds is 6. The molecular weight excluding hydrogens is 264 g/mol. The maximum atomic E-state index is 11.5. The number of hydroxylamine groups is 1. The van der Waals surface area contributed by atoms with Crippen LogP contribution in [0.5, 0.6) is 0 Å². The third kappa shape index (κ3) is 5.57. The monoisotopic (exact) mass is 282 g/mol. The standard InChI is InChI=1S/C13H18N2O5/c1-2-9-19-12(16)14-8-10-20-13(17)15(18)11-6-4-3-5-7-11/h3-7,18H,2,8-10H2,1H3,(H,14,16). The van der Waals surface area contributed by atoms with E-state index in [0.29, 0.717) is 17.4 Å². The van der Waals surface area contributed by atoms with Crippen molar-refractivity contribution >= 4 is 17.9 Å². The zero-order valence-corrected chi connectivity index (χ0v) is 11.2. The number of para-hydroxylation sites is 1. The molecule has 2 N–H and O–H groups in total. The van der Waals surface area contributed by atoms with Gasteiger partial charge >= 0.3 is 12.2 Å². The molecule has 0 saturated carbocycles. The average molecular weight is 282 g/mol. The quantitative estimate of drug-likeness (QED) is 0.474. The molecule has 0 saturated heterocycles. The minimum atomic E-state index is -0.917. The van der Waals surface area contributed by atoms with Gasteiger partial charge < -0.3 is 14.8 Å². The van der Waals surface area contributed by atoms with Crippen molar-refractivity contribution in [2.45, 2.75) is 13.3 Å². The fraction of sp³-hybridized carbons (Fsp3) is 0.385. The summed E-state index contributed by atoms with van der Waals surface area (Å²) >= 11 is 0. The van der Waals surface area contributed by atoms with Gasteiger partial charge in [0.25, 0.3) is 0 Å². The van der Waals surface area contributed by atoms with Gasteiger partial charge in [-0.15, -0.1) is 0 Å². The van der Waals surface area contributed by atoms with Crippen LogP contribution in [0.15, 0.2) is 30.3 Å². The predicted octanol–water partition coefficient (Wildman–Crippen LogP) is 2.16. The van der Waals surface area contributed by atoms with Crippen molar-refractivity contribution in [3.63, 3.8) is 0 Å². The minimum absolute atomic E-state index is 0.0655. The van der Waals surface area contributed by atoms with Crippen LogP contribution in [0.25, 0.3) is 0 Å². The van der Waals surface area contributed by atoms with Crippen LogP contribution in [0, 0.1) is 0 Å². The van der Waals surface area contributed by atoms with Gasteiger partial charge in [0.15, 0.2) is 0 Å². The van der Waals surface area contributed by atoms with Crippen molar-refractivity contribution in [2.24, 2.45) is 0 Å². The van der Waals surface area contributed by atoms with E-state index in [1.165, 1.54) is 0 Å². The highest BCUT2D eigenvalue weighted by Gasteiger charge is 2.14. The zero-order valence-electron chi connectivity index (χ0n) is 11.2. The molecule has 0 aliphatic carbocycles. The lowest BCUT2D eigenvalue weighted by Gasteiger charge is -2.14. The first-order valence-corrected chi connectivity index (χ1v) is 6.26. The van der Waals surface area contributed by atoms with Gasteiger partial charge in [0.05, 0.1) is 18.8 Å². The summed E-state index contributed by atoms with van der Waals surface area (Å²) in [6.45, 7) is 2.26. The van der Waals surface area contributed by atoms with E-state index >= 15 is 0 Å². The summed E-state index contributed by atoms with van der Waals surface area (Å²) in [6, 6.07) is 8.23. The lowest BCUT2D eigenvalue weighted by Crippen LogP contribution is -2.32. The van der Waals surface area contributed by atoms with Crippen molar-refractivity contribution in [1.82, 2.24) is 5.32 Å². The number of ether oxygens (including phenoxy) is 2. The Labute approximate surface area is 117 Å². The molecule has 2 amide bonds. The number of carbonyl (C=O) groups is 2. The predicted molar refractivity (Wildman–Crippen MR) is 71.7 cm³/mol. The molecule has 20 heavy (non-hydrogen) atoms. The Hall–Kier alpha value is -2.28. The van der Waals surface area contributed by atoms with Gasteiger partial charge in [-0.3, -0.25) is 5.21 Å². The maximum absolute atomic E-state index is 11.5. The smallest absolute Gasteiger partial charge is 0.438 e. The van der Waals surface area contributed by atoms with Crippen LogP contribution in [0.3, 0.4) is 0 Å². The van der Waals surface area contributed by atoms with Crippen molar-refractivity contribution in [2.75, 3.05) is 24.8 Å². The second-order valence-electron chi connectivity index (χ2n) is 3.82. The highest BCUT2D eigenvalue weighted by molar-refractivity contribution is 5.84. The number of hydrogen-bond acceptors (Lipinski definition) is 5. The summed E-state index contributed by atoms with van der Waals surface area (Å²) in [5, 5.41) is 12.4. The molecule has 0 atom stereocenters. The van der Waals surface area contributed by atoms with Crippen LogP contribution in [-0.4, -0.2) is 37.2 Å². The number of amides is 2. The number of anilines is 1. The Morgan fingerprint density at radius 2 is 1.90 bits per heavy atom. The van der Waals surface area contributed by atoms with Crippen molar-refractivity contribution in [3.8, 4) is 0 Å². The van der Waals surface area contributed by atoms with Gasteiger partial charge in [-0.05, 0) is 18.6 Å². The molecule has 0 aliphatic heterocycles. The van der Waals surface area contributed by atoms with Gasteiger partial charge in [0, 0.05) is 0 Å².